The van der Waals surface area contributed by atoms with E-state index in [1.54, 1.807) is 33.9 Å². The minimum Gasteiger partial charge on any atom is -0.485 e. The highest BCUT2D eigenvalue weighted by Crippen LogP contribution is 2.28. The van der Waals surface area contributed by atoms with Crippen molar-refractivity contribution >= 4 is 24.3 Å². The molecule has 1 aliphatic heterocycles. The first kappa shape index (κ1) is 19.5. The Balaban J connectivity index is 1.90. The summed E-state index contributed by atoms with van der Waals surface area (Å²) in [5.41, 5.74) is 3.57. The largest absolute Gasteiger partial charge is 0.485 e. The third kappa shape index (κ3) is 5.61. The molecule has 0 bridgehead atoms. The number of fused-ring (bicyclic) bond motifs is 1. The molecule has 140 valence electrons. The van der Waals surface area contributed by atoms with Crippen molar-refractivity contribution in [1.82, 2.24) is 10.7 Å². The third-order valence-corrected chi connectivity index (χ3v) is 3.53. The summed E-state index contributed by atoms with van der Waals surface area (Å²) in [5, 5.41) is 6.42. The van der Waals surface area contributed by atoms with Gasteiger partial charge in [-0.15, -0.1) is 0 Å². The van der Waals surface area contributed by atoms with Crippen LogP contribution in [0.4, 0.5) is 4.79 Å². The number of hydrazone groups is 1. The van der Waals surface area contributed by atoms with Crippen molar-refractivity contribution in [3.8, 4) is 5.75 Å². The molecule has 1 aromatic carbocycles. The molecule has 1 heterocycles. The molecule has 2 atom stereocenters. The minimum absolute atomic E-state index is 0.178. The Morgan fingerprint density at radius 3 is 2.69 bits per heavy atom. The predicted octanol–water partition coefficient (Wildman–Crippen LogP) is 2.87. The zero-order valence-corrected chi connectivity index (χ0v) is 15.7. The van der Waals surface area contributed by atoms with E-state index in [2.05, 4.69) is 15.8 Å². The minimum atomic E-state index is -0.781. The fourth-order valence-corrected chi connectivity index (χ4v) is 2.22. The number of nitrogens with zero attached hydrogens (tertiary/aromatic N) is 1. The molecular formula is C19H25N3O4. The van der Waals surface area contributed by atoms with E-state index in [1.807, 2.05) is 37.3 Å². The molecule has 1 aromatic rings. The second kappa shape index (κ2) is 8.03. The SMILES string of the molecule is CC1Oc2ccccc2C=C1C=NNC(=O)[C@H](C)NC(=O)OC(C)(C)C. The average Bonchev–Trinajstić information content (AvgIpc) is 2.53. The van der Waals surface area contributed by atoms with Crippen molar-refractivity contribution in [2.45, 2.75) is 52.4 Å². The lowest BCUT2D eigenvalue weighted by Crippen LogP contribution is -2.45. The zero-order chi connectivity index (χ0) is 19.3. The number of nitrogens with one attached hydrogen (secondary N) is 2. The van der Waals surface area contributed by atoms with Gasteiger partial charge in [-0.2, -0.15) is 5.10 Å². The molecule has 7 heteroatoms. The zero-order valence-electron chi connectivity index (χ0n) is 15.7. The van der Waals surface area contributed by atoms with Gasteiger partial charge in [-0.3, -0.25) is 4.79 Å². The highest BCUT2D eigenvalue weighted by molar-refractivity contribution is 5.90. The number of benzene rings is 1. The van der Waals surface area contributed by atoms with Crippen LogP contribution in [-0.2, 0) is 9.53 Å². The maximum Gasteiger partial charge on any atom is 0.408 e. The van der Waals surface area contributed by atoms with Crippen LogP contribution in [-0.4, -0.2) is 36.0 Å². The quantitative estimate of drug-likeness (QED) is 0.639. The van der Waals surface area contributed by atoms with Crippen LogP contribution in [0.3, 0.4) is 0 Å². The van der Waals surface area contributed by atoms with E-state index in [9.17, 15) is 9.59 Å². The van der Waals surface area contributed by atoms with E-state index in [1.165, 1.54) is 0 Å². The van der Waals surface area contributed by atoms with E-state index in [0.29, 0.717) is 0 Å². The molecular weight excluding hydrogens is 334 g/mol. The van der Waals surface area contributed by atoms with E-state index < -0.39 is 23.6 Å². The summed E-state index contributed by atoms with van der Waals surface area (Å²) >= 11 is 0. The highest BCUT2D eigenvalue weighted by atomic mass is 16.6. The van der Waals surface area contributed by atoms with E-state index in [4.69, 9.17) is 9.47 Å². The van der Waals surface area contributed by atoms with Crippen LogP contribution in [0.1, 0.15) is 40.2 Å². The highest BCUT2D eigenvalue weighted by Gasteiger charge is 2.21. The molecule has 1 aliphatic rings. The smallest absolute Gasteiger partial charge is 0.408 e. The fraction of sp³-hybridized carbons (Fsp3) is 0.421. The number of carbonyl (C=O) groups excluding carboxylic acids is 2. The van der Waals surface area contributed by atoms with Gasteiger partial charge < -0.3 is 14.8 Å². The summed E-state index contributed by atoms with van der Waals surface area (Å²) in [6, 6.07) is 6.91. The second-order valence-electron chi connectivity index (χ2n) is 7.04. The lowest BCUT2D eigenvalue weighted by molar-refractivity contribution is -0.122. The number of hydrogen-bond donors (Lipinski definition) is 2. The van der Waals surface area contributed by atoms with Crippen LogP contribution in [0.5, 0.6) is 5.75 Å². The molecule has 2 rings (SSSR count). The van der Waals surface area contributed by atoms with Crippen molar-refractivity contribution in [2.75, 3.05) is 0 Å². The molecule has 1 unspecified atom stereocenters. The molecule has 26 heavy (non-hydrogen) atoms. The number of para-hydroxylation sites is 1. The predicted molar refractivity (Wildman–Crippen MR) is 100.0 cm³/mol. The van der Waals surface area contributed by atoms with Gasteiger partial charge in [-0.1, -0.05) is 18.2 Å². The molecule has 2 N–H and O–H groups in total. The van der Waals surface area contributed by atoms with Crippen molar-refractivity contribution in [1.29, 1.82) is 0 Å². The van der Waals surface area contributed by atoms with Crippen LogP contribution >= 0.6 is 0 Å². The molecule has 0 aliphatic carbocycles. The van der Waals surface area contributed by atoms with Crippen molar-refractivity contribution in [2.24, 2.45) is 5.10 Å². The van der Waals surface area contributed by atoms with Crippen molar-refractivity contribution in [3.05, 3.63) is 35.4 Å². The van der Waals surface area contributed by atoms with Crippen LogP contribution in [0.2, 0.25) is 0 Å². The van der Waals surface area contributed by atoms with Crippen molar-refractivity contribution in [3.63, 3.8) is 0 Å². The van der Waals surface area contributed by atoms with Crippen molar-refractivity contribution < 1.29 is 19.1 Å². The Bertz CT molecular complexity index is 735. The summed E-state index contributed by atoms with van der Waals surface area (Å²) in [5.74, 6) is 0.369. The molecule has 7 nitrogen and oxygen atoms in total. The molecule has 0 saturated heterocycles. The van der Waals surface area contributed by atoms with E-state index in [0.717, 1.165) is 16.9 Å². The maximum atomic E-state index is 12.0. The van der Waals surface area contributed by atoms with Gasteiger partial charge in [-0.25, -0.2) is 10.2 Å². The summed E-state index contributed by atoms with van der Waals surface area (Å²) < 4.78 is 10.9. The molecule has 0 radical (unpaired) electrons. The van der Waals surface area contributed by atoms with Gasteiger partial charge in [0.2, 0.25) is 0 Å². The van der Waals surface area contributed by atoms with E-state index in [-0.39, 0.29) is 6.10 Å². The second-order valence-corrected chi connectivity index (χ2v) is 7.04. The molecule has 0 spiro atoms. The van der Waals surface area contributed by atoms with Gasteiger partial charge >= 0.3 is 6.09 Å². The Morgan fingerprint density at radius 1 is 1.31 bits per heavy atom. The monoisotopic (exact) mass is 359 g/mol. The first-order valence-electron chi connectivity index (χ1n) is 8.45. The summed E-state index contributed by atoms with van der Waals surface area (Å²) in [6.07, 6.45) is 2.67. The molecule has 0 saturated carbocycles. The van der Waals surface area contributed by atoms with Gasteiger partial charge in [0.25, 0.3) is 5.91 Å². The Labute approximate surface area is 153 Å². The fourth-order valence-electron chi connectivity index (χ4n) is 2.22. The van der Waals surface area contributed by atoms with Crippen LogP contribution in [0, 0.1) is 0 Å². The Morgan fingerprint density at radius 2 is 2.00 bits per heavy atom. The molecule has 2 amide bonds. The number of amides is 2. The first-order chi connectivity index (χ1) is 12.2. The van der Waals surface area contributed by atoms with Crippen LogP contribution in [0.25, 0.3) is 6.08 Å². The topological polar surface area (TPSA) is 89.0 Å². The van der Waals surface area contributed by atoms with Gasteiger partial charge in [0.05, 0.1) is 6.21 Å². The number of ether oxygens (including phenoxy) is 2. The van der Waals surface area contributed by atoms with Gasteiger partial charge in [-0.05, 0) is 46.8 Å². The number of rotatable bonds is 4. The van der Waals surface area contributed by atoms with Gasteiger partial charge in [0, 0.05) is 11.1 Å². The summed E-state index contributed by atoms with van der Waals surface area (Å²) in [4.78, 5) is 23.7. The lowest BCUT2D eigenvalue weighted by atomic mass is 10.0. The van der Waals surface area contributed by atoms with Gasteiger partial charge in [0.15, 0.2) is 0 Å². The lowest BCUT2D eigenvalue weighted by Gasteiger charge is -2.22. The average molecular weight is 359 g/mol. The normalized spacial score (nSPS) is 17.6. The number of hydrogen-bond acceptors (Lipinski definition) is 5. The standard InChI is InChI=1S/C19H25N3O4/c1-12(21-18(24)26-19(3,4)5)17(23)22-20-11-15-10-14-8-6-7-9-16(14)25-13(15)2/h6-13H,1-5H3,(H,21,24)(H,22,23)/t12-,13?/m0/s1. The number of carbonyl (C=O) groups is 2. The summed E-state index contributed by atoms with van der Waals surface area (Å²) in [6.45, 7) is 8.71. The first-order valence-corrected chi connectivity index (χ1v) is 8.45. The molecule has 0 aromatic heterocycles. The molecule has 0 fully saturated rings. The van der Waals surface area contributed by atoms with Gasteiger partial charge in [0.1, 0.15) is 23.5 Å². The number of alkyl carbamates (subject to hydrolysis) is 1. The Hall–Kier alpha value is -2.83. The Kier molecular flexibility index (Phi) is 6.02. The van der Waals surface area contributed by atoms with Crippen LogP contribution in [0.15, 0.2) is 34.9 Å². The third-order valence-electron chi connectivity index (χ3n) is 3.53. The summed E-state index contributed by atoms with van der Waals surface area (Å²) in [7, 11) is 0. The van der Waals surface area contributed by atoms with Crippen LogP contribution < -0.4 is 15.5 Å². The van der Waals surface area contributed by atoms with E-state index >= 15 is 0 Å². The maximum absolute atomic E-state index is 12.0.